The van der Waals surface area contributed by atoms with Gasteiger partial charge in [0.2, 0.25) is 0 Å². The van der Waals surface area contributed by atoms with Crippen LogP contribution in [-0.4, -0.2) is 21.6 Å². The zero-order chi connectivity index (χ0) is 19.4. The van der Waals surface area contributed by atoms with Crippen LogP contribution >= 0.6 is 0 Å². The molecule has 0 saturated carbocycles. The number of methoxy groups -OCH3 is 1. The van der Waals surface area contributed by atoms with E-state index in [1.54, 1.807) is 7.11 Å². The molecule has 5 nitrogen and oxygen atoms in total. The van der Waals surface area contributed by atoms with Crippen molar-refractivity contribution in [3.8, 4) is 23.1 Å². The third-order valence-electron chi connectivity index (χ3n) is 4.48. The van der Waals surface area contributed by atoms with Gasteiger partial charge in [-0.15, -0.1) is 0 Å². The first-order valence-corrected chi connectivity index (χ1v) is 10.3. The Bertz CT molecular complexity index is 1020. The maximum atomic E-state index is 11.9. The van der Waals surface area contributed by atoms with Crippen molar-refractivity contribution < 1.29 is 8.95 Å². The number of hydrogen-bond donors (Lipinski definition) is 1. The summed E-state index contributed by atoms with van der Waals surface area (Å²) in [6.07, 6.45) is 0.864. The van der Waals surface area contributed by atoms with E-state index in [-0.39, 0.29) is 0 Å². The average molecular weight is 382 g/mol. The lowest BCUT2D eigenvalue weighted by molar-refractivity contribution is 0.415. The van der Waals surface area contributed by atoms with Crippen molar-refractivity contribution in [1.82, 2.24) is 4.57 Å². The highest BCUT2D eigenvalue weighted by molar-refractivity contribution is 7.86. The fourth-order valence-electron chi connectivity index (χ4n) is 3.26. The molecule has 0 radical (unpaired) electrons. The Labute approximate surface area is 162 Å². The Kier molecular flexibility index (Phi) is 5.82. The molecule has 3 rings (SSSR count). The third-order valence-corrected chi connectivity index (χ3v) is 5.72. The van der Waals surface area contributed by atoms with Crippen LogP contribution in [0.15, 0.2) is 42.5 Å². The molecular weight excluding hydrogens is 358 g/mol. The molecule has 1 N–H and O–H groups in total. The Balaban J connectivity index is 2.08. The topological polar surface area (TPSA) is 67.1 Å². The summed E-state index contributed by atoms with van der Waals surface area (Å²) < 4.78 is 22.4. The standard InChI is InChI=1S/C21H23N3O2S/c1-4-12-27(25)23-16-8-6-15(7-9-16)21-19(14-22)18-11-10-17(26-3)13-20(18)24(21)5-2/h6-11,13,23H,4-5,12H2,1-3H3. The summed E-state index contributed by atoms with van der Waals surface area (Å²) in [5.74, 6) is 1.38. The molecule has 0 saturated heterocycles. The lowest BCUT2D eigenvalue weighted by Crippen LogP contribution is -2.07. The maximum Gasteiger partial charge on any atom is 0.120 e. The highest BCUT2D eigenvalue weighted by atomic mass is 32.2. The second-order valence-corrected chi connectivity index (χ2v) is 7.50. The number of nitrogens with one attached hydrogen (secondary N) is 1. The Morgan fingerprint density at radius 1 is 1.19 bits per heavy atom. The normalized spacial score (nSPS) is 11.9. The summed E-state index contributed by atoms with van der Waals surface area (Å²) in [4.78, 5) is 0. The fraction of sp³-hybridized carbons (Fsp3) is 0.286. The van der Waals surface area contributed by atoms with Gasteiger partial charge in [0, 0.05) is 29.4 Å². The predicted molar refractivity (Wildman–Crippen MR) is 111 cm³/mol. The van der Waals surface area contributed by atoms with Crippen LogP contribution in [0, 0.1) is 11.3 Å². The van der Waals surface area contributed by atoms with E-state index < -0.39 is 11.0 Å². The van der Waals surface area contributed by atoms with Gasteiger partial charge in [0.25, 0.3) is 0 Å². The highest BCUT2D eigenvalue weighted by Crippen LogP contribution is 2.35. The number of hydrogen-bond acceptors (Lipinski definition) is 3. The maximum absolute atomic E-state index is 11.9. The van der Waals surface area contributed by atoms with E-state index >= 15 is 0 Å². The van der Waals surface area contributed by atoms with E-state index in [2.05, 4.69) is 22.3 Å². The minimum absolute atomic E-state index is 0.617. The molecule has 0 spiro atoms. The summed E-state index contributed by atoms with van der Waals surface area (Å²) in [6, 6.07) is 15.9. The molecule has 3 aromatic rings. The Hall–Kier alpha value is -2.78. The monoisotopic (exact) mass is 381 g/mol. The van der Waals surface area contributed by atoms with Crippen molar-refractivity contribution in [2.45, 2.75) is 26.8 Å². The van der Waals surface area contributed by atoms with Gasteiger partial charge in [-0.3, -0.25) is 0 Å². The van der Waals surface area contributed by atoms with E-state index in [4.69, 9.17) is 4.74 Å². The van der Waals surface area contributed by atoms with Gasteiger partial charge in [0.05, 0.1) is 23.9 Å². The first kappa shape index (κ1) is 19.0. The van der Waals surface area contributed by atoms with Crippen LogP contribution in [0.5, 0.6) is 5.75 Å². The van der Waals surface area contributed by atoms with Crippen LogP contribution in [-0.2, 0) is 17.5 Å². The minimum Gasteiger partial charge on any atom is -0.497 e. The van der Waals surface area contributed by atoms with Crippen LogP contribution in [0.2, 0.25) is 0 Å². The van der Waals surface area contributed by atoms with E-state index in [1.165, 1.54) is 0 Å². The fourth-order valence-corrected chi connectivity index (χ4v) is 4.13. The number of ether oxygens (including phenoxy) is 1. The van der Waals surface area contributed by atoms with Crippen molar-refractivity contribution in [3.63, 3.8) is 0 Å². The molecule has 0 aliphatic rings. The number of nitriles is 1. The van der Waals surface area contributed by atoms with Crippen LogP contribution in [0.4, 0.5) is 5.69 Å². The summed E-state index contributed by atoms with van der Waals surface area (Å²) in [6.45, 7) is 4.80. The number of fused-ring (bicyclic) bond motifs is 1. The quantitative estimate of drug-likeness (QED) is 0.645. The zero-order valence-corrected chi connectivity index (χ0v) is 16.6. The first-order valence-electron chi connectivity index (χ1n) is 8.98. The highest BCUT2D eigenvalue weighted by Gasteiger charge is 2.18. The second kappa shape index (κ2) is 8.28. The molecule has 1 atom stereocenters. The van der Waals surface area contributed by atoms with Gasteiger partial charge in [-0.25, -0.2) is 4.21 Å². The molecule has 1 unspecified atom stereocenters. The smallest absolute Gasteiger partial charge is 0.120 e. The Morgan fingerprint density at radius 3 is 2.52 bits per heavy atom. The predicted octanol–water partition coefficient (Wildman–Crippen LogP) is 4.69. The first-order chi connectivity index (χ1) is 13.1. The van der Waals surface area contributed by atoms with Gasteiger partial charge in [0.15, 0.2) is 0 Å². The zero-order valence-electron chi connectivity index (χ0n) is 15.8. The summed E-state index contributed by atoms with van der Waals surface area (Å²) in [5, 5.41) is 10.7. The number of rotatable bonds is 7. The molecule has 0 amide bonds. The van der Waals surface area contributed by atoms with Gasteiger partial charge in [-0.1, -0.05) is 19.1 Å². The molecule has 1 heterocycles. The number of nitrogens with zero attached hydrogens (tertiary/aromatic N) is 2. The SMILES string of the molecule is CCCS(=O)Nc1ccc(-c2c(C#N)c3ccc(OC)cc3n2CC)cc1. The van der Waals surface area contributed by atoms with Gasteiger partial charge in [-0.2, -0.15) is 5.26 Å². The van der Waals surface area contributed by atoms with Gasteiger partial charge < -0.3 is 14.0 Å². The molecule has 2 aromatic carbocycles. The Morgan fingerprint density at radius 2 is 1.93 bits per heavy atom. The summed E-state index contributed by atoms with van der Waals surface area (Å²) >= 11 is 0. The summed E-state index contributed by atoms with van der Waals surface area (Å²) in [5.41, 5.74) is 4.30. The molecule has 0 aliphatic heterocycles. The molecule has 140 valence electrons. The molecule has 0 fully saturated rings. The van der Waals surface area contributed by atoms with Gasteiger partial charge >= 0.3 is 0 Å². The van der Waals surface area contributed by atoms with Crippen LogP contribution in [0.25, 0.3) is 22.2 Å². The third kappa shape index (κ3) is 3.69. The summed E-state index contributed by atoms with van der Waals surface area (Å²) in [7, 11) is 0.568. The van der Waals surface area contributed by atoms with Crippen molar-refractivity contribution in [2.24, 2.45) is 0 Å². The minimum atomic E-state index is -1.07. The van der Waals surface area contributed by atoms with Crippen molar-refractivity contribution in [3.05, 3.63) is 48.0 Å². The largest absolute Gasteiger partial charge is 0.497 e. The van der Waals surface area contributed by atoms with E-state index in [1.807, 2.05) is 49.4 Å². The molecule has 27 heavy (non-hydrogen) atoms. The van der Waals surface area contributed by atoms with E-state index in [0.717, 1.165) is 46.6 Å². The van der Waals surface area contributed by atoms with Crippen molar-refractivity contribution >= 4 is 27.6 Å². The van der Waals surface area contributed by atoms with Crippen LogP contribution < -0.4 is 9.46 Å². The number of benzene rings is 2. The second-order valence-electron chi connectivity index (χ2n) is 6.19. The van der Waals surface area contributed by atoms with E-state index in [0.29, 0.717) is 11.3 Å². The van der Waals surface area contributed by atoms with Crippen LogP contribution in [0.3, 0.4) is 0 Å². The average Bonchev–Trinajstić information content (AvgIpc) is 3.01. The van der Waals surface area contributed by atoms with Gasteiger partial charge in [-0.05, 0) is 43.2 Å². The van der Waals surface area contributed by atoms with Crippen molar-refractivity contribution in [2.75, 3.05) is 17.6 Å². The van der Waals surface area contributed by atoms with Crippen LogP contribution in [0.1, 0.15) is 25.8 Å². The molecule has 6 heteroatoms. The lowest BCUT2D eigenvalue weighted by Gasteiger charge is -2.10. The lowest BCUT2D eigenvalue weighted by atomic mass is 10.1. The van der Waals surface area contributed by atoms with Crippen molar-refractivity contribution in [1.29, 1.82) is 5.26 Å². The number of aryl methyl sites for hydroxylation is 1. The molecule has 0 aliphatic carbocycles. The van der Waals surface area contributed by atoms with Gasteiger partial charge in [0.1, 0.15) is 22.8 Å². The molecule has 1 aromatic heterocycles. The number of anilines is 1. The van der Waals surface area contributed by atoms with E-state index in [9.17, 15) is 9.47 Å². The molecular formula is C21H23N3O2S. The molecule has 0 bridgehead atoms. The number of aromatic nitrogens is 1.